The molecule has 0 aliphatic rings. The molecule has 2 nitrogen and oxygen atoms in total. The monoisotopic (exact) mass is 330 g/mol. The van der Waals surface area contributed by atoms with Crippen molar-refractivity contribution in [1.29, 1.82) is 0 Å². The molecule has 2 aromatic rings. The lowest BCUT2D eigenvalue weighted by Gasteiger charge is -2.04. The van der Waals surface area contributed by atoms with Gasteiger partial charge >= 0.3 is 0 Å². The number of benzene rings is 1. The average Bonchev–Trinajstić information content (AvgIpc) is 2.70. The van der Waals surface area contributed by atoms with E-state index in [2.05, 4.69) is 31.6 Å². The van der Waals surface area contributed by atoms with Crippen LogP contribution < -0.4 is 5.32 Å². The maximum absolute atomic E-state index is 5.94. The summed E-state index contributed by atoms with van der Waals surface area (Å²) in [4.78, 5) is 4.40. The third-order valence-corrected chi connectivity index (χ3v) is 4.44. The van der Waals surface area contributed by atoms with E-state index in [1.807, 2.05) is 25.1 Å². The van der Waals surface area contributed by atoms with Gasteiger partial charge in [-0.25, -0.2) is 4.98 Å². The van der Waals surface area contributed by atoms with Crippen molar-refractivity contribution in [3.63, 3.8) is 0 Å². The third-order valence-electron chi connectivity index (χ3n) is 2.26. The van der Waals surface area contributed by atoms with E-state index < -0.39 is 0 Å². The molecule has 1 N–H and O–H groups in total. The van der Waals surface area contributed by atoms with Gasteiger partial charge in [0.05, 0.1) is 5.02 Å². The van der Waals surface area contributed by atoms with Gasteiger partial charge in [-0.3, -0.25) is 0 Å². The molecule has 5 heteroatoms. The highest BCUT2D eigenvalue weighted by atomic mass is 79.9. The van der Waals surface area contributed by atoms with Gasteiger partial charge in [0.1, 0.15) is 5.01 Å². The smallest absolute Gasteiger partial charge is 0.107 e. The highest BCUT2D eigenvalue weighted by molar-refractivity contribution is 9.10. The molecule has 17 heavy (non-hydrogen) atoms. The summed E-state index contributed by atoms with van der Waals surface area (Å²) in [6.45, 7) is 3.63. The van der Waals surface area contributed by atoms with Gasteiger partial charge in [-0.15, -0.1) is 11.3 Å². The zero-order chi connectivity index (χ0) is 12.3. The third kappa shape index (κ3) is 3.78. The van der Waals surface area contributed by atoms with E-state index in [1.54, 1.807) is 11.3 Å². The molecule has 0 amide bonds. The summed E-state index contributed by atoms with van der Waals surface area (Å²) in [5.41, 5.74) is 2.29. The van der Waals surface area contributed by atoms with Gasteiger partial charge in [-0.05, 0) is 40.5 Å². The Morgan fingerprint density at radius 3 is 2.88 bits per heavy atom. The van der Waals surface area contributed by atoms with Gasteiger partial charge in [0.25, 0.3) is 0 Å². The van der Waals surface area contributed by atoms with E-state index in [0.29, 0.717) is 0 Å². The number of rotatable bonds is 4. The van der Waals surface area contributed by atoms with Crippen molar-refractivity contribution in [3.8, 4) is 0 Å². The molecule has 90 valence electrons. The molecule has 0 saturated carbocycles. The Bertz CT molecular complexity index is 513. The van der Waals surface area contributed by atoms with E-state index in [9.17, 15) is 0 Å². The first-order valence-corrected chi connectivity index (χ1v) is 7.26. The topological polar surface area (TPSA) is 24.9 Å². The maximum Gasteiger partial charge on any atom is 0.107 e. The minimum Gasteiger partial charge on any atom is -0.306 e. The van der Waals surface area contributed by atoms with Crippen molar-refractivity contribution < 1.29 is 0 Å². The molecule has 0 radical (unpaired) electrons. The van der Waals surface area contributed by atoms with Crippen molar-refractivity contribution in [2.45, 2.75) is 20.0 Å². The second-order valence-corrected chi connectivity index (χ2v) is 5.94. The van der Waals surface area contributed by atoms with Crippen LogP contribution in [0.5, 0.6) is 0 Å². The summed E-state index contributed by atoms with van der Waals surface area (Å²) in [6.07, 6.45) is 0. The summed E-state index contributed by atoms with van der Waals surface area (Å²) in [5.74, 6) is 0. The summed E-state index contributed by atoms with van der Waals surface area (Å²) >= 11 is 11.0. The molecule has 0 aliphatic carbocycles. The fourth-order valence-corrected chi connectivity index (χ4v) is 2.73. The van der Waals surface area contributed by atoms with Crippen molar-refractivity contribution in [1.82, 2.24) is 10.3 Å². The number of aryl methyl sites for hydroxylation is 1. The lowest BCUT2D eigenvalue weighted by molar-refractivity contribution is 0.688. The molecule has 0 spiro atoms. The minimum atomic E-state index is 0.740. The second kappa shape index (κ2) is 5.96. The fraction of sp³-hybridized carbons (Fsp3) is 0.250. The van der Waals surface area contributed by atoms with Gasteiger partial charge in [0, 0.05) is 28.6 Å². The predicted molar refractivity (Wildman–Crippen MR) is 76.5 cm³/mol. The molecule has 2 rings (SSSR count). The van der Waals surface area contributed by atoms with Crippen LogP contribution in [0.25, 0.3) is 0 Å². The van der Waals surface area contributed by atoms with Crippen molar-refractivity contribution >= 4 is 38.9 Å². The molecular weight excluding hydrogens is 320 g/mol. The average molecular weight is 332 g/mol. The number of halogens is 2. The zero-order valence-electron chi connectivity index (χ0n) is 9.34. The largest absolute Gasteiger partial charge is 0.306 e. The Balaban J connectivity index is 1.87. The van der Waals surface area contributed by atoms with E-state index >= 15 is 0 Å². The van der Waals surface area contributed by atoms with Crippen LogP contribution in [0.2, 0.25) is 5.02 Å². The number of thiazole rings is 1. The molecule has 0 unspecified atom stereocenters. The van der Waals surface area contributed by atoms with E-state index in [1.165, 1.54) is 5.56 Å². The van der Waals surface area contributed by atoms with Crippen molar-refractivity contribution in [2.75, 3.05) is 0 Å². The quantitative estimate of drug-likeness (QED) is 0.910. The first kappa shape index (κ1) is 13.0. The van der Waals surface area contributed by atoms with Gasteiger partial charge in [-0.2, -0.15) is 0 Å². The number of nitrogens with one attached hydrogen (secondary N) is 1. The number of hydrogen-bond acceptors (Lipinski definition) is 3. The Hall–Kier alpha value is -0.420. The first-order valence-electron chi connectivity index (χ1n) is 5.21. The van der Waals surface area contributed by atoms with Crippen LogP contribution in [0, 0.1) is 6.92 Å². The van der Waals surface area contributed by atoms with Crippen LogP contribution in [0.4, 0.5) is 0 Å². The standard InChI is InChI=1S/C12H12BrClN2S/c1-8-7-17-12(16-8)6-15-5-9-2-3-11(14)10(13)4-9/h2-4,7,15H,5-6H2,1H3. The molecule has 0 fully saturated rings. The SMILES string of the molecule is Cc1csc(CNCc2ccc(Cl)c(Br)c2)n1. The first-order chi connectivity index (χ1) is 8.15. The molecule has 0 aliphatic heterocycles. The van der Waals surface area contributed by atoms with Crippen LogP contribution in [0.1, 0.15) is 16.3 Å². The van der Waals surface area contributed by atoms with Gasteiger partial charge in [0.2, 0.25) is 0 Å². The van der Waals surface area contributed by atoms with Gasteiger partial charge in [-0.1, -0.05) is 17.7 Å². The van der Waals surface area contributed by atoms with E-state index in [-0.39, 0.29) is 0 Å². The summed E-state index contributed by atoms with van der Waals surface area (Å²) in [6, 6.07) is 5.95. The van der Waals surface area contributed by atoms with Crippen molar-refractivity contribution in [3.05, 3.63) is 49.3 Å². The molecular formula is C12H12BrClN2S. The summed E-state index contributed by atoms with van der Waals surface area (Å²) in [7, 11) is 0. The molecule has 1 aromatic heterocycles. The number of nitrogens with zero attached hydrogens (tertiary/aromatic N) is 1. The Labute approximate surface area is 118 Å². The summed E-state index contributed by atoms with van der Waals surface area (Å²) in [5, 5.41) is 7.29. The predicted octanol–water partition coefficient (Wildman–Crippen LogP) is 4.16. The van der Waals surface area contributed by atoms with Crippen LogP contribution in [0.15, 0.2) is 28.1 Å². The highest BCUT2D eigenvalue weighted by Crippen LogP contribution is 2.23. The minimum absolute atomic E-state index is 0.740. The van der Waals surface area contributed by atoms with Crippen LogP contribution >= 0.6 is 38.9 Å². The normalized spacial score (nSPS) is 10.8. The Morgan fingerprint density at radius 1 is 1.41 bits per heavy atom. The van der Waals surface area contributed by atoms with Crippen LogP contribution in [-0.2, 0) is 13.1 Å². The van der Waals surface area contributed by atoms with Gasteiger partial charge < -0.3 is 5.32 Å². The highest BCUT2D eigenvalue weighted by Gasteiger charge is 2.00. The molecule has 1 heterocycles. The number of hydrogen-bond donors (Lipinski definition) is 1. The summed E-state index contributed by atoms with van der Waals surface area (Å²) < 4.78 is 0.934. The second-order valence-electron chi connectivity index (χ2n) is 3.73. The number of aromatic nitrogens is 1. The van der Waals surface area contributed by atoms with Crippen LogP contribution in [-0.4, -0.2) is 4.98 Å². The van der Waals surface area contributed by atoms with Crippen LogP contribution in [0.3, 0.4) is 0 Å². The Morgan fingerprint density at radius 2 is 2.24 bits per heavy atom. The Kier molecular flexibility index (Phi) is 4.56. The zero-order valence-corrected chi connectivity index (χ0v) is 12.5. The van der Waals surface area contributed by atoms with E-state index in [4.69, 9.17) is 11.6 Å². The van der Waals surface area contributed by atoms with Gasteiger partial charge in [0.15, 0.2) is 0 Å². The van der Waals surface area contributed by atoms with E-state index in [0.717, 1.165) is 33.3 Å². The molecule has 0 atom stereocenters. The molecule has 0 bridgehead atoms. The molecule has 0 saturated heterocycles. The lowest BCUT2D eigenvalue weighted by Crippen LogP contribution is -2.12. The fourth-order valence-electron chi connectivity index (χ4n) is 1.45. The maximum atomic E-state index is 5.94. The molecule has 1 aromatic carbocycles. The lowest BCUT2D eigenvalue weighted by atomic mass is 10.2. The van der Waals surface area contributed by atoms with Crippen molar-refractivity contribution in [2.24, 2.45) is 0 Å².